The molecule has 0 amide bonds. The first-order chi connectivity index (χ1) is 13.5. The second-order valence-electron chi connectivity index (χ2n) is 7.02. The topological polar surface area (TPSA) is 103 Å². The molecule has 156 valence electrons. The smallest absolute Gasteiger partial charge is 0.338 e. The van der Waals surface area contributed by atoms with Gasteiger partial charge in [-0.15, -0.1) is 0 Å². The Bertz CT molecular complexity index is 1160. The van der Waals surface area contributed by atoms with Crippen LogP contribution in [-0.4, -0.2) is 30.2 Å². The van der Waals surface area contributed by atoms with Gasteiger partial charge in [0.15, 0.2) is 4.77 Å². The summed E-state index contributed by atoms with van der Waals surface area (Å²) < 4.78 is 17.6. The van der Waals surface area contributed by atoms with E-state index in [1.807, 2.05) is 0 Å². The maximum atomic E-state index is 14.7. The molecular formula is C17H19ClFN5O4S. The van der Waals surface area contributed by atoms with Gasteiger partial charge in [-0.25, -0.2) is 18.5 Å². The molecule has 0 radical (unpaired) electrons. The highest BCUT2D eigenvalue weighted by atomic mass is 35.5. The van der Waals surface area contributed by atoms with Crippen molar-refractivity contribution in [2.75, 3.05) is 0 Å². The lowest BCUT2D eigenvalue weighted by atomic mass is 9.91. The SMILES string of the molecule is C/C(=N\O)C1(C)CC(c2cc(-n3c(=O)n(C)c(=S)n(C)c3=O)c(F)cc2Cl)NO1. The van der Waals surface area contributed by atoms with Gasteiger partial charge in [0.05, 0.1) is 17.4 Å². The number of oxime groups is 1. The fourth-order valence-electron chi connectivity index (χ4n) is 3.14. The Balaban J connectivity index is 2.19. The van der Waals surface area contributed by atoms with E-state index in [0.29, 0.717) is 22.3 Å². The van der Waals surface area contributed by atoms with Gasteiger partial charge in [0.2, 0.25) is 0 Å². The van der Waals surface area contributed by atoms with E-state index in [1.165, 1.54) is 20.2 Å². The lowest BCUT2D eigenvalue weighted by molar-refractivity contribution is -0.00160. The number of aromatic nitrogens is 3. The Morgan fingerprint density at radius 3 is 2.52 bits per heavy atom. The van der Waals surface area contributed by atoms with Gasteiger partial charge >= 0.3 is 11.4 Å². The van der Waals surface area contributed by atoms with Crippen LogP contribution in [0, 0.1) is 10.6 Å². The minimum atomic E-state index is -0.916. The van der Waals surface area contributed by atoms with Crippen molar-refractivity contribution >= 4 is 29.5 Å². The first-order valence-corrected chi connectivity index (χ1v) is 9.31. The number of rotatable bonds is 3. The summed E-state index contributed by atoms with van der Waals surface area (Å²) in [6.45, 7) is 3.32. The van der Waals surface area contributed by atoms with Crippen molar-refractivity contribution in [2.45, 2.75) is 31.9 Å². The average Bonchev–Trinajstić information content (AvgIpc) is 3.09. The lowest BCUT2D eigenvalue weighted by Gasteiger charge is -2.20. The fourth-order valence-corrected chi connectivity index (χ4v) is 3.58. The predicted octanol–water partition coefficient (Wildman–Crippen LogP) is 1.97. The first kappa shape index (κ1) is 21.4. The van der Waals surface area contributed by atoms with E-state index in [-0.39, 0.29) is 15.5 Å². The molecule has 1 aliphatic rings. The Morgan fingerprint density at radius 2 is 1.97 bits per heavy atom. The molecule has 2 heterocycles. The molecule has 0 spiro atoms. The maximum Gasteiger partial charge on any atom is 0.338 e. The Labute approximate surface area is 174 Å². The minimum absolute atomic E-state index is 0.00578. The maximum absolute atomic E-state index is 14.7. The summed E-state index contributed by atoms with van der Waals surface area (Å²) in [6.07, 6.45) is 0.319. The largest absolute Gasteiger partial charge is 0.411 e. The zero-order valence-corrected chi connectivity index (χ0v) is 17.6. The normalized spacial score (nSPS) is 22.3. The van der Waals surface area contributed by atoms with E-state index in [4.69, 9.17) is 33.9 Å². The molecular weight excluding hydrogens is 425 g/mol. The molecule has 2 aromatic rings. The summed E-state index contributed by atoms with van der Waals surface area (Å²) in [7, 11) is 2.79. The van der Waals surface area contributed by atoms with Gasteiger partial charge in [-0.1, -0.05) is 16.8 Å². The van der Waals surface area contributed by atoms with Crippen molar-refractivity contribution in [1.29, 1.82) is 0 Å². The van der Waals surface area contributed by atoms with Gasteiger partial charge in [-0.3, -0.25) is 14.0 Å². The van der Waals surface area contributed by atoms with Gasteiger partial charge < -0.3 is 5.21 Å². The summed E-state index contributed by atoms with van der Waals surface area (Å²) in [6, 6.07) is 1.85. The van der Waals surface area contributed by atoms with E-state index in [1.54, 1.807) is 13.8 Å². The Morgan fingerprint density at radius 1 is 1.38 bits per heavy atom. The lowest BCUT2D eigenvalue weighted by Crippen LogP contribution is -2.43. The van der Waals surface area contributed by atoms with E-state index in [0.717, 1.165) is 15.2 Å². The van der Waals surface area contributed by atoms with Crippen LogP contribution < -0.4 is 16.9 Å². The van der Waals surface area contributed by atoms with Gasteiger partial charge in [0.1, 0.15) is 11.4 Å². The van der Waals surface area contributed by atoms with Crippen LogP contribution in [0.25, 0.3) is 5.69 Å². The van der Waals surface area contributed by atoms with Crippen LogP contribution in [0.1, 0.15) is 31.9 Å². The third-order valence-corrected chi connectivity index (χ3v) is 6.02. The molecule has 0 bridgehead atoms. The van der Waals surface area contributed by atoms with E-state index >= 15 is 0 Å². The van der Waals surface area contributed by atoms with Crippen molar-refractivity contribution in [3.63, 3.8) is 0 Å². The number of halogens is 2. The summed E-state index contributed by atoms with van der Waals surface area (Å²) in [4.78, 5) is 30.8. The number of benzene rings is 1. The first-order valence-electron chi connectivity index (χ1n) is 8.53. The summed E-state index contributed by atoms with van der Waals surface area (Å²) in [5, 5.41) is 12.3. The summed E-state index contributed by atoms with van der Waals surface area (Å²) in [5.41, 5.74) is 0.795. The van der Waals surface area contributed by atoms with Crippen LogP contribution in [0.4, 0.5) is 4.39 Å². The molecule has 9 nitrogen and oxygen atoms in total. The zero-order chi connectivity index (χ0) is 21.7. The highest BCUT2D eigenvalue weighted by Crippen LogP contribution is 2.37. The molecule has 1 aliphatic heterocycles. The number of hydrogen-bond acceptors (Lipinski definition) is 7. The summed E-state index contributed by atoms with van der Waals surface area (Å²) in [5.74, 6) is -0.843. The van der Waals surface area contributed by atoms with E-state index in [9.17, 15) is 14.0 Å². The van der Waals surface area contributed by atoms with Gasteiger partial charge in [0, 0.05) is 25.5 Å². The fraction of sp³-hybridized carbons (Fsp3) is 0.412. The second kappa shape index (κ2) is 7.48. The molecule has 1 aromatic carbocycles. The molecule has 29 heavy (non-hydrogen) atoms. The third kappa shape index (κ3) is 3.44. The molecule has 0 aliphatic carbocycles. The highest BCUT2D eigenvalue weighted by Gasteiger charge is 2.41. The Hall–Kier alpha value is -2.34. The molecule has 1 fully saturated rings. The molecule has 2 atom stereocenters. The highest BCUT2D eigenvalue weighted by molar-refractivity contribution is 7.71. The zero-order valence-electron chi connectivity index (χ0n) is 16.1. The second-order valence-corrected chi connectivity index (χ2v) is 7.79. The van der Waals surface area contributed by atoms with Crippen LogP contribution in [0.5, 0.6) is 0 Å². The third-order valence-electron chi connectivity index (χ3n) is 5.15. The molecule has 12 heteroatoms. The van der Waals surface area contributed by atoms with Crippen LogP contribution in [0.15, 0.2) is 26.9 Å². The molecule has 0 saturated carbocycles. The molecule has 2 unspecified atom stereocenters. The number of hydrogen-bond donors (Lipinski definition) is 2. The van der Waals surface area contributed by atoms with E-state index < -0.39 is 28.8 Å². The minimum Gasteiger partial charge on any atom is -0.411 e. The van der Waals surface area contributed by atoms with Crippen LogP contribution in [0.3, 0.4) is 0 Å². The standard InChI is InChI=1S/C17H19ClFN5O4S/c1-8(20-27)17(2)7-12(21-28-17)9-5-13(11(19)6-10(9)18)24-14(25)22(3)16(29)23(4)15(24)26/h5-6,12,21,27H,7H2,1-4H3/b20-8+. The van der Waals surface area contributed by atoms with Crippen LogP contribution in [-0.2, 0) is 18.9 Å². The molecule has 1 aromatic heterocycles. The van der Waals surface area contributed by atoms with Crippen molar-refractivity contribution < 1.29 is 14.4 Å². The van der Waals surface area contributed by atoms with Crippen molar-refractivity contribution in [2.24, 2.45) is 19.3 Å². The van der Waals surface area contributed by atoms with Gasteiger partial charge in [-0.05, 0) is 43.8 Å². The Kier molecular flexibility index (Phi) is 5.52. The van der Waals surface area contributed by atoms with Crippen LogP contribution in [0.2, 0.25) is 5.02 Å². The number of nitrogens with one attached hydrogen (secondary N) is 1. The van der Waals surface area contributed by atoms with E-state index in [2.05, 4.69) is 10.6 Å². The predicted molar refractivity (Wildman–Crippen MR) is 107 cm³/mol. The number of nitrogens with zero attached hydrogens (tertiary/aromatic N) is 4. The van der Waals surface area contributed by atoms with Crippen molar-refractivity contribution in [3.8, 4) is 5.69 Å². The molecule has 3 rings (SSSR count). The number of hydroxylamine groups is 1. The monoisotopic (exact) mass is 443 g/mol. The summed E-state index contributed by atoms with van der Waals surface area (Å²) >= 11 is 11.3. The van der Waals surface area contributed by atoms with Gasteiger partial charge in [0.25, 0.3) is 0 Å². The van der Waals surface area contributed by atoms with Crippen molar-refractivity contribution in [1.82, 2.24) is 19.2 Å². The average molecular weight is 444 g/mol. The quantitative estimate of drug-likeness (QED) is 0.325. The van der Waals surface area contributed by atoms with Crippen LogP contribution >= 0.6 is 23.8 Å². The van der Waals surface area contributed by atoms with Gasteiger partial charge in [-0.2, -0.15) is 5.48 Å². The van der Waals surface area contributed by atoms with Crippen molar-refractivity contribution in [3.05, 3.63) is 54.3 Å². The molecule has 1 saturated heterocycles. The molecule has 2 N–H and O–H groups in total.